The van der Waals surface area contributed by atoms with E-state index in [-0.39, 0.29) is 11.9 Å². The number of amides is 1. The molecular weight excluding hydrogens is 390 g/mol. The summed E-state index contributed by atoms with van der Waals surface area (Å²) in [5.41, 5.74) is 1.81. The fourth-order valence-corrected chi connectivity index (χ4v) is 4.42. The quantitative estimate of drug-likeness (QED) is 0.678. The lowest BCUT2D eigenvalue weighted by molar-refractivity contribution is -0.121. The number of aryl methyl sites for hydroxylation is 1. The van der Waals surface area contributed by atoms with Crippen molar-refractivity contribution in [3.63, 3.8) is 0 Å². The second kappa shape index (κ2) is 10.3. The van der Waals surface area contributed by atoms with E-state index in [1.807, 2.05) is 49.9 Å². The largest absolute Gasteiger partial charge is 0.324 e. The van der Waals surface area contributed by atoms with E-state index in [1.54, 1.807) is 0 Å². The van der Waals surface area contributed by atoms with Gasteiger partial charge in [0.25, 0.3) is 0 Å². The van der Waals surface area contributed by atoms with Crippen LogP contribution in [0.4, 0.5) is 5.69 Å². The Morgan fingerprint density at radius 1 is 1.14 bits per heavy atom. The third kappa shape index (κ3) is 5.98. The lowest BCUT2D eigenvalue weighted by atomic mass is 10.1. The molecule has 4 nitrogen and oxygen atoms in total. The van der Waals surface area contributed by atoms with E-state index in [4.69, 9.17) is 11.6 Å². The maximum atomic E-state index is 12.7. The van der Waals surface area contributed by atoms with Crippen molar-refractivity contribution in [2.24, 2.45) is 0 Å². The van der Waals surface area contributed by atoms with Crippen molar-refractivity contribution >= 4 is 35.0 Å². The molecule has 0 radical (unpaired) electrons. The SMILES string of the molecule is Cc1ccc(Cl)cc1NC(=O)[C@@H](C)N1CCN(CCSc2ccccc2)CC1. The molecule has 2 aromatic carbocycles. The van der Waals surface area contributed by atoms with Gasteiger partial charge in [0.05, 0.1) is 6.04 Å². The molecule has 1 aliphatic rings. The number of anilines is 1. The fraction of sp³-hybridized carbons (Fsp3) is 0.409. The summed E-state index contributed by atoms with van der Waals surface area (Å²) < 4.78 is 0. The number of rotatable bonds is 7. The van der Waals surface area contributed by atoms with Gasteiger partial charge < -0.3 is 5.32 Å². The lowest BCUT2D eigenvalue weighted by Crippen LogP contribution is -2.53. The Morgan fingerprint density at radius 3 is 2.57 bits per heavy atom. The first kappa shape index (κ1) is 21.2. The molecule has 1 amide bonds. The summed E-state index contributed by atoms with van der Waals surface area (Å²) in [4.78, 5) is 18.7. The Kier molecular flexibility index (Phi) is 7.80. The highest BCUT2D eigenvalue weighted by Gasteiger charge is 2.25. The lowest BCUT2D eigenvalue weighted by Gasteiger charge is -2.37. The first-order valence-corrected chi connectivity index (χ1v) is 11.1. The van der Waals surface area contributed by atoms with E-state index >= 15 is 0 Å². The van der Waals surface area contributed by atoms with Crippen LogP contribution in [-0.4, -0.2) is 60.2 Å². The van der Waals surface area contributed by atoms with E-state index < -0.39 is 0 Å². The molecule has 6 heteroatoms. The van der Waals surface area contributed by atoms with Gasteiger partial charge in [0.1, 0.15) is 0 Å². The predicted molar refractivity (Wildman–Crippen MR) is 119 cm³/mol. The van der Waals surface area contributed by atoms with Crippen LogP contribution in [0.2, 0.25) is 5.02 Å². The van der Waals surface area contributed by atoms with Gasteiger partial charge in [-0.05, 0) is 43.7 Å². The minimum Gasteiger partial charge on any atom is -0.324 e. The molecule has 1 aliphatic heterocycles. The number of nitrogens with zero attached hydrogens (tertiary/aromatic N) is 2. The Bertz CT molecular complexity index is 779. The molecule has 1 N–H and O–H groups in total. The molecular formula is C22H28ClN3OS. The minimum atomic E-state index is -0.153. The normalized spacial score (nSPS) is 16.7. The van der Waals surface area contributed by atoms with Crippen molar-refractivity contribution in [2.75, 3.05) is 43.8 Å². The maximum Gasteiger partial charge on any atom is 0.241 e. The first-order chi connectivity index (χ1) is 13.5. The van der Waals surface area contributed by atoms with E-state index in [0.717, 1.165) is 49.7 Å². The standard InChI is InChI=1S/C22H28ClN3OS/c1-17-8-9-19(23)16-21(17)24-22(27)18(2)26-12-10-25(11-13-26)14-15-28-20-6-4-3-5-7-20/h3-9,16,18H,10-15H2,1-2H3,(H,24,27)/t18-/m1/s1. The van der Waals surface area contributed by atoms with Gasteiger partial charge in [0.2, 0.25) is 5.91 Å². The molecule has 150 valence electrons. The van der Waals surface area contributed by atoms with E-state index in [9.17, 15) is 4.79 Å². The molecule has 0 spiro atoms. The third-order valence-corrected chi connectivity index (χ3v) is 6.44. The Labute approximate surface area is 177 Å². The van der Waals surface area contributed by atoms with Crippen LogP contribution in [0, 0.1) is 6.92 Å². The summed E-state index contributed by atoms with van der Waals surface area (Å²) in [6.07, 6.45) is 0. The second-order valence-electron chi connectivity index (χ2n) is 7.16. The van der Waals surface area contributed by atoms with Gasteiger partial charge in [0, 0.05) is 54.1 Å². The van der Waals surface area contributed by atoms with Gasteiger partial charge in [0.15, 0.2) is 0 Å². The van der Waals surface area contributed by atoms with Crippen molar-refractivity contribution in [2.45, 2.75) is 24.8 Å². The first-order valence-electron chi connectivity index (χ1n) is 9.74. The summed E-state index contributed by atoms with van der Waals surface area (Å²) in [5.74, 6) is 1.12. The van der Waals surface area contributed by atoms with Gasteiger partial charge in [-0.2, -0.15) is 0 Å². The van der Waals surface area contributed by atoms with E-state index in [2.05, 4.69) is 39.4 Å². The molecule has 0 unspecified atom stereocenters. The van der Waals surface area contributed by atoms with Crippen LogP contribution in [-0.2, 0) is 4.79 Å². The summed E-state index contributed by atoms with van der Waals surface area (Å²) in [6.45, 7) is 8.87. The zero-order valence-electron chi connectivity index (χ0n) is 16.5. The number of nitrogens with one attached hydrogen (secondary N) is 1. The number of hydrogen-bond acceptors (Lipinski definition) is 4. The highest BCUT2D eigenvalue weighted by molar-refractivity contribution is 7.99. The van der Waals surface area contributed by atoms with E-state index in [0.29, 0.717) is 5.02 Å². The van der Waals surface area contributed by atoms with Gasteiger partial charge in [-0.25, -0.2) is 0 Å². The number of carbonyl (C=O) groups is 1. The second-order valence-corrected chi connectivity index (χ2v) is 8.77. The highest BCUT2D eigenvalue weighted by Crippen LogP contribution is 2.21. The van der Waals surface area contributed by atoms with Crippen molar-refractivity contribution in [1.82, 2.24) is 9.80 Å². The number of benzene rings is 2. The average Bonchev–Trinajstić information content (AvgIpc) is 2.71. The highest BCUT2D eigenvalue weighted by atomic mass is 35.5. The number of carbonyl (C=O) groups excluding carboxylic acids is 1. The van der Waals surface area contributed by atoms with Crippen LogP contribution < -0.4 is 5.32 Å². The average molecular weight is 418 g/mol. The van der Waals surface area contributed by atoms with Gasteiger partial charge in [-0.3, -0.25) is 14.6 Å². The molecule has 0 aliphatic carbocycles. The van der Waals surface area contributed by atoms with Crippen LogP contribution in [0.25, 0.3) is 0 Å². The molecule has 0 aromatic heterocycles. The topological polar surface area (TPSA) is 35.6 Å². The Balaban J connectivity index is 1.42. The molecule has 0 saturated carbocycles. The van der Waals surface area contributed by atoms with Crippen LogP contribution >= 0.6 is 23.4 Å². The molecule has 1 atom stereocenters. The summed E-state index contributed by atoms with van der Waals surface area (Å²) in [5, 5.41) is 3.66. The molecule has 28 heavy (non-hydrogen) atoms. The molecule has 3 rings (SSSR count). The maximum absolute atomic E-state index is 12.7. The van der Waals surface area contributed by atoms with Crippen LogP contribution in [0.1, 0.15) is 12.5 Å². The monoisotopic (exact) mass is 417 g/mol. The Hall–Kier alpha value is -1.53. The zero-order chi connectivity index (χ0) is 19.9. The molecule has 0 bridgehead atoms. The minimum absolute atomic E-state index is 0.0263. The number of thioether (sulfide) groups is 1. The summed E-state index contributed by atoms with van der Waals surface area (Å²) >= 11 is 7.96. The third-order valence-electron chi connectivity index (χ3n) is 5.21. The predicted octanol–water partition coefficient (Wildman–Crippen LogP) is 4.39. The van der Waals surface area contributed by atoms with Crippen LogP contribution in [0.15, 0.2) is 53.4 Å². The zero-order valence-corrected chi connectivity index (χ0v) is 18.1. The van der Waals surface area contributed by atoms with Gasteiger partial charge in [-0.15, -0.1) is 11.8 Å². The van der Waals surface area contributed by atoms with Crippen LogP contribution in [0.5, 0.6) is 0 Å². The molecule has 1 fully saturated rings. The van der Waals surface area contributed by atoms with Crippen molar-refractivity contribution in [1.29, 1.82) is 0 Å². The number of halogens is 1. The molecule has 1 saturated heterocycles. The van der Waals surface area contributed by atoms with Crippen molar-refractivity contribution < 1.29 is 4.79 Å². The molecule has 2 aromatic rings. The number of piperazine rings is 1. The fourth-order valence-electron chi connectivity index (χ4n) is 3.32. The van der Waals surface area contributed by atoms with Gasteiger partial charge in [-0.1, -0.05) is 35.9 Å². The summed E-state index contributed by atoms with van der Waals surface area (Å²) in [7, 11) is 0. The van der Waals surface area contributed by atoms with Crippen molar-refractivity contribution in [3.05, 3.63) is 59.1 Å². The smallest absolute Gasteiger partial charge is 0.241 e. The summed E-state index contributed by atoms with van der Waals surface area (Å²) in [6, 6.07) is 15.9. The molecule has 1 heterocycles. The number of hydrogen-bond donors (Lipinski definition) is 1. The Morgan fingerprint density at radius 2 is 1.86 bits per heavy atom. The van der Waals surface area contributed by atoms with Gasteiger partial charge >= 0.3 is 0 Å². The van der Waals surface area contributed by atoms with Crippen LogP contribution in [0.3, 0.4) is 0 Å². The van der Waals surface area contributed by atoms with E-state index in [1.165, 1.54) is 4.90 Å². The van der Waals surface area contributed by atoms with Crippen molar-refractivity contribution in [3.8, 4) is 0 Å².